The fraction of sp³-hybridized carbons (Fsp3) is 0.300. The first kappa shape index (κ1) is 9.79. The lowest BCUT2D eigenvalue weighted by molar-refractivity contribution is 0.178. The number of hydrogen-bond acceptors (Lipinski definition) is 4. The van der Waals surface area contributed by atoms with Crippen LogP contribution in [0.4, 0.5) is 0 Å². The smallest absolute Gasteiger partial charge is 0.182 e. The lowest BCUT2D eigenvalue weighted by Gasteiger charge is -1.94. The molecule has 78 valence electrons. The maximum absolute atomic E-state index is 4.95. The quantitative estimate of drug-likeness (QED) is 0.819. The summed E-state index contributed by atoms with van der Waals surface area (Å²) in [5.41, 5.74) is 1.88. The highest BCUT2D eigenvalue weighted by Crippen LogP contribution is 2.13. The van der Waals surface area contributed by atoms with Gasteiger partial charge in [0.1, 0.15) is 6.61 Å². The molecule has 0 aliphatic rings. The Morgan fingerprint density at radius 3 is 2.93 bits per heavy atom. The zero-order valence-corrected chi connectivity index (χ0v) is 8.69. The van der Waals surface area contributed by atoms with Crippen LogP contribution in [-0.2, 0) is 11.3 Å². The standard InChI is InChI=1S/C10H12N4O/c1-7-3-4-8(5-11-7)10-12-9(6-15-2)13-14-10/h3-5H,6H2,1-2H3,(H,12,13,14). The van der Waals surface area contributed by atoms with Crippen molar-refractivity contribution in [2.75, 3.05) is 7.11 Å². The molecule has 0 aliphatic carbocycles. The molecule has 0 saturated heterocycles. The van der Waals surface area contributed by atoms with Gasteiger partial charge in [0.2, 0.25) is 0 Å². The largest absolute Gasteiger partial charge is 0.377 e. The molecule has 0 saturated carbocycles. The molecule has 1 N–H and O–H groups in total. The number of aromatic amines is 1. The Hall–Kier alpha value is -1.75. The van der Waals surface area contributed by atoms with E-state index in [4.69, 9.17) is 4.74 Å². The molecule has 0 bridgehead atoms. The van der Waals surface area contributed by atoms with E-state index < -0.39 is 0 Å². The van der Waals surface area contributed by atoms with Crippen LogP contribution < -0.4 is 0 Å². The van der Waals surface area contributed by atoms with Crippen LogP contribution >= 0.6 is 0 Å². The summed E-state index contributed by atoms with van der Waals surface area (Å²) in [5, 5.41) is 6.88. The number of aryl methyl sites for hydroxylation is 1. The topological polar surface area (TPSA) is 63.7 Å². The average Bonchev–Trinajstić information content (AvgIpc) is 2.68. The molecule has 0 unspecified atom stereocenters. The second-order valence-electron chi connectivity index (χ2n) is 3.23. The van der Waals surface area contributed by atoms with Gasteiger partial charge in [-0.05, 0) is 19.1 Å². The van der Waals surface area contributed by atoms with Crippen molar-refractivity contribution in [2.45, 2.75) is 13.5 Å². The Labute approximate surface area is 87.5 Å². The van der Waals surface area contributed by atoms with Crippen molar-refractivity contribution in [1.82, 2.24) is 20.2 Å². The van der Waals surface area contributed by atoms with Crippen LogP contribution in [0.5, 0.6) is 0 Å². The van der Waals surface area contributed by atoms with Crippen LogP contribution in [0.15, 0.2) is 18.3 Å². The Morgan fingerprint density at radius 2 is 2.27 bits per heavy atom. The van der Waals surface area contributed by atoms with Crippen LogP contribution in [0.1, 0.15) is 11.5 Å². The van der Waals surface area contributed by atoms with Gasteiger partial charge in [-0.1, -0.05) is 0 Å². The van der Waals surface area contributed by atoms with Gasteiger partial charge >= 0.3 is 0 Å². The van der Waals surface area contributed by atoms with E-state index in [0.717, 1.165) is 11.3 Å². The third-order valence-electron chi connectivity index (χ3n) is 1.98. The van der Waals surface area contributed by atoms with Gasteiger partial charge in [0.25, 0.3) is 0 Å². The SMILES string of the molecule is COCc1nc(-c2ccc(C)nc2)n[nH]1. The third kappa shape index (κ3) is 2.19. The van der Waals surface area contributed by atoms with Crippen molar-refractivity contribution in [3.63, 3.8) is 0 Å². The number of methoxy groups -OCH3 is 1. The first-order valence-corrected chi connectivity index (χ1v) is 4.63. The van der Waals surface area contributed by atoms with Crippen molar-refractivity contribution in [1.29, 1.82) is 0 Å². The lowest BCUT2D eigenvalue weighted by atomic mass is 10.2. The van der Waals surface area contributed by atoms with E-state index in [9.17, 15) is 0 Å². The lowest BCUT2D eigenvalue weighted by Crippen LogP contribution is -1.89. The van der Waals surface area contributed by atoms with Gasteiger partial charge in [0.05, 0.1) is 0 Å². The molecule has 2 aromatic rings. The predicted molar refractivity (Wildman–Crippen MR) is 55.1 cm³/mol. The van der Waals surface area contributed by atoms with Crippen molar-refractivity contribution >= 4 is 0 Å². The van der Waals surface area contributed by atoms with E-state index in [-0.39, 0.29) is 0 Å². The maximum Gasteiger partial charge on any atom is 0.182 e. The molecular weight excluding hydrogens is 192 g/mol. The van der Waals surface area contributed by atoms with E-state index in [1.807, 2.05) is 19.1 Å². The van der Waals surface area contributed by atoms with Gasteiger partial charge in [-0.25, -0.2) is 4.98 Å². The van der Waals surface area contributed by atoms with Crippen molar-refractivity contribution < 1.29 is 4.74 Å². The van der Waals surface area contributed by atoms with Crippen LogP contribution in [0, 0.1) is 6.92 Å². The van der Waals surface area contributed by atoms with Crippen LogP contribution in [0.2, 0.25) is 0 Å². The molecule has 0 atom stereocenters. The molecule has 0 aromatic carbocycles. The highest BCUT2D eigenvalue weighted by atomic mass is 16.5. The third-order valence-corrected chi connectivity index (χ3v) is 1.98. The fourth-order valence-electron chi connectivity index (χ4n) is 1.23. The summed E-state index contributed by atoms with van der Waals surface area (Å²) in [6.07, 6.45) is 1.76. The minimum absolute atomic E-state index is 0.437. The number of H-pyrrole nitrogens is 1. The monoisotopic (exact) mass is 204 g/mol. The van der Waals surface area contributed by atoms with E-state index in [0.29, 0.717) is 18.3 Å². The van der Waals surface area contributed by atoms with Gasteiger partial charge < -0.3 is 4.74 Å². The van der Waals surface area contributed by atoms with E-state index >= 15 is 0 Å². The summed E-state index contributed by atoms with van der Waals surface area (Å²) in [6, 6.07) is 3.88. The molecule has 2 rings (SSSR count). The van der Waals surface area contributed by atoms with Crippen molar-refractivity contribution in [3.05, 3.63) is 29.8 Å². The Morgan fingerprint density at radius 1 is 1.40 bits per heavy atom. The summed E-state index contributed by atoms with van der Waals surface area (Å²) in [6.45, 7) is 2.38. The summed E-state index contributed by atoms with van der Waals surface area (Å²) >= 11 is 0. The number of nitrogens with zero attached hydrogens (tertiary/aromatic N) is 3. The highest BCUT2D eigenvalue weighted by molar-refractivity contribution is 5.52. The number of ether oxygens (including phenoxy) is 1. The normalized spacial score (nSPS) is 10.5. The number of hydrogen-bond donors (Lipinski definition) is 1. The summed E-state index contributed by atoms with van der Waals surface area (Å²) < 4.78 is 4.95. The predicted octanol–water partition coefficient (Wildman–Crippen LogP) is 1.32. The number of nitrogens with one attached hydrogen (secondary N) is 1. The maximum atomic E-state index is 4.95. The van der Waals surface area contributed by atoms with E-state index in [1.165, 1.54) is 0 Å². The summed E-state index contributed by atoms with van der Waals surface area (Å²) in [4.78, 5) is 8.45. The fourth-order valence-corrected chi connectivity index (χ4v) is 1.23. The number of pyridine rings is 1. The summed E-state index contributed by atoms with van der Waals surface area (Å²) in [5.74, 6) is 1.36. The minimum atomic E-state index is 0.437. The highest BCUT2D eigenvalue weighted by Gasteiger charge is 2.05. The van der Waals surface area contributed by atoms with Crippen LogP contribution in [-0.4, -0.2) is 27.3 Å². The van der Waals surface area contributed by atoms with Gasteiger partial charge in [-0.2, -0.15) is 5.10 Å². The zero-order valence-electron chi connectivity index (χ0n) is 8.69. The zero-order chi connectivity index (χ0) is 10.7. The Kier molecular flexibility index (Phi) is 2.73. The molecule has 5 nitrogen and oxygen atoms in total. The minimum Gasteiger partial charge on any atom is -0.377 e. The first-order valence-electron chi connectivity index (χ1n) is 4.63. The van der Waals surface area contributed by atoms with Gasteiger partial charge in [-0.15, -0.1) is 0 Å². The van der Waals surface area contributed by atoms with Gasteiger partial charge in [0.15, 0.2) is 11.6 Å². The Balaban J connectivity index is 2.25. The van der Waals surface area contributed by atoms with Crippen molar-refractivity contribution in [3.8, 4) is 11.4 Å². The Bertz CT molecular complexity index is 435. The molecule has 5 heteroatoms. The molecule has 2 heterocycles. The molecule has 15 heavy (non-hydrogen) atoms. The van der Waals surface area contributed by atoms with Gasteiger partial charge in [-0.3, -0.25) is 10.1 Å². The molecule has 0 fully saturated rings. The first-order chi connectivity index (χ1) is 7.29. The average molecular weight is 204 g/mol. The van der Waals surface area contributed by atoms with Crippen molar-refractivity contribution in [2.24, 2.45) is 0 Å². The number of rotatable bonds is 3. The molecule has 0 spiro atoms. The van der Waals surface area contributed by atoms with Gasteiger partial charge in [0, 0.05) is 24.6 Å². The van der Waals surface area contributed by atoms with Crippen LogP contribution in [0.3, 0.4) is 0 Å². The summed E-state index contributed by atoms with van der Waals surface area (Å²) in [7, 11) is 1.62. The van der Waals surface area contributed by atoms with E-state index in [2.05, 4.69) is 20.2 Å². The number of aromatic nitrogens is 4. The van der Waals surface area contributed by atoms with Crippen LogP contribution in [0.25, 0.3) is 11.4 Å². The molecular formula is C10H12N4O. The molecule has 2 aromatic heterocycles. The molecule has 0 aliphatic heterocycles. The second kappa shape index (κ2) is 4.18. The molecule has 0 amide bonds. The van der Waals surface area contributed by atoms with E-state index in [1.54, 1.807) is 13.3 Å². The molecule has 0 radical (unpaired) electrons. The second-order valence-corrected chi connectivity index (χ2v) is 3.23.